The van der Waals surface area contributed by atoms with Gasteiger partial charge in [-0.2, -0.15) is 0 Å². The van der Waals surface area contributed by atoms with E-state index in [0.29, 0.717) is 30.6 Å². The molecular formula is C35H46N2O3. The van der Waals surface area contributed by atoms with Gasteiger partial charge in [-0.25, -0.2) is 0 Å². The molecule has 3 aromatic carbocycles. The quantitative estimate of drug-likeness (QED) is 0.182. The molecule has 0 aliphatic heterocycles. The Morgan fingerprint density at radius 3 is 2.12 bits per heavy atom. The van der Waals surface area contributed by atoms with E-state index in [1.54, 1.807) is 6.07 Å². The second kappa shape index (κ2) is 16.1. The van der Waals surface area contributed by atoms with Crippen molar-refractivity contribution in [1.82, 2.24) is 10.6 Å². The number of benzene rings is 3. The van der Waals surface area contributed by atoms with Gasteiger partial charge in [-0.15, -0.1) is 0 Å². The van der Waals surface area contributed by atoms with Crippen LogP contribution in [0.25, 0.3) is 0 Å². The predicted molar refractivity (Wildman–Crippen MR) is 164 cm³/mol. The molecular weight excluding hydrogens is 496 g/mol. The van der Waals surface area contributed by atoms with Gasteiger partial charge < -0.3 is 15.7 Å². The smallest absolute Gasteiger partial charge is 0.251 e. The van der Waals surface area contributed by atoms with Crippen LogP contribution in [-0.4, -0.2) is 35.5 Å². The van der Waals surface area contributed by atoms with Crippen LogP contribution < -0.4 is 10.6 Å². The number of aliphatic hydroxyl groups is 1. The van der Waals surface area contributed by atoms with Gasteiger partial charge in [-0.3, -0.25) is 9.59 Å². The fourth-order valence-electron chi connectivity index (χ4n) is 5.26. The molecule has 0 bridgehead atoms. The molecule has 3 aromatic rings. The lowest BCUT2D eigenvalue weighted by Crippen LogP contribution is -2.48. The molecule has 40 heavy (non-hydrogen) atoms. The Hall–Kier alpha value is -3.28. The van der Waals surface area contributed by atoms with Gasteiger partial charge in [0.25, 0.3) is 5.91 Å². The van der Waals surface area contributed by atoms with Crippen LogP contribution in [-0.2, 0) is 19.4 Å². The lowest BCUT2D eigenvalue weighted by Gasteiger charge is -2.25. The largest absolute Gasteiger partial charge is 0.390 e. The van der Waals surface area contributed by atoms with Crippen molar-refractivity contribution in [2.75, 3.05) is 6.54 Å². The number of aryl methyl sites for hydroxylation is 2. The number of aliphatic hydroxyl groups excluding tert-OH is 1. The third-order valence-electron chi connectivity index (χ3n) is 7.43. The van der Waals surface area contributed by atoms with Crippen molar-refractivity contribution in [3.8, 4) is 0 Å². The van der Waals surface area contributed by atoms with Gasteiger partial charge in [0.2, 0.25) is 0 Å². The van der Waals surface area contributed by atoms with E-state index in [2.05, 4.69) is 55.7 Å². The van der Waals surface area contributed by atoms with Gasteiger partial charge in [0.1, 0.15) is 0 Å². The van der Waals surface area contributed by atoms with Crippen LogP contribution in [0, 0.1) is 12.8 Å². The van der Waals surface area contributed by atoms with Crippen LogP contribution in [0.2, 0.25) is 0 Å². The molecule has 0 unspecified atom stereocenters. The summed E-state index contributed by atoms with van der Waals surface area (Å²) in [5.74, 6) is -0.195. The summed E-state index contributed by atoms with van der Waals surface area (Å²) in [6.07, 6.45) is 4.27. The molecule has 5 heteroatoms. The normalized spacial score (nSPS) is 12.8. The number of rotatable bonds is 16. The summed E-state index contributed by atoms with van der Waals surface area (Å²) in [5, 5.41) is 17.6. The van der Waals surface area contributed by atoms with Crippen molar-refractivity contribution in [3.05, 3.63) is 106 Å². The molecule has 0 aromatic heterocycles. The van der Waals surface area contributed by atoms with Crippen molar-refractivity contribution < 1.29 is 14.7 Å². The standard InChI is InChI=1S/C35H46N2O3/c1-5-12-29(13-6-2)34(39)30-18-25(4)19-31(22-30)35(40)37-32(21-27-14-9-8-10-15-27)33(38)24-36-23-28-17-11-16-26(7-3)20-28/h8-11,14-20,22,29,32-33,36,38H,5-7,12-13,21,23-24H2,1-4H3,(H,37,40)/t32-,33+/m0/s1. The molecule has 0 aliphatic rings. The van der Waals surface area contributed by atoms with Crippen LogP contribution in [0.5, 0.6) is 0 Å². The summed E-state index contributed by atoms with van der Waals surface area (Å²) < 4.78 is 0. The molecule has 0 aliphatic carbocycles. The van der Waals surface area contributed by atoms with Crippen molar-refractivity contribution in [2.45, 2.75) is 84.9 Å². The first-order chi connectivity index (χ1) is 19.3. The van der Waals surface area contributed by atoms with Gasteiger partial charge in [0.05, 0.1) is 12.1 Å². The van der Waals surface area contributed by atoms with E-state index in [1.807, 2.05) is 49.4 Å². The molecule has 0 heterocycles. The van der Waals surface area contributed by atoms with Crippen molar-refractivity contribution in [3.63, 3.8) is 0 Å². The minimum absolute atomic E-state index is 0.0237. The van der Waals surface area contributed by atoms with E-state index in [4.69, 9.17) is 0 Å². The summed E-state index contributed by atoms with van der Waals surface area (Å²) in [5.41, 5.74) is 5.39. The zero-order valence-corrected chi connectivity index (χ0v) is 24.6. The van der Waals surface area contributed by atoms with Gasteiger partial charge in [-0.05, 0) is 73.1 Å². The topological polar surface area (TPSA) is 78.4 Å². The minimum atomic E-state index is -0.803. The van der Waals surface area contributed by atoms with Crippen LogP contribution >= 0.6 is 0 Å². The summed E-state index contributed by atoms with van der Waals surface area (Å²) >= 11 is 0. The highest BCUT2D eigenvalue weighted by Crippen LogP contribution is 2.22. The first-order valence-electron chi connectivity index (χ1n) is 14.8. The number of nitrogens with one attached hydrogen (secondary N) is 2. The average molecular weight is 543 g/mol. The summed E-state index contributed by atoms with van der Waals surface area (Å²) in [4.78, 5) is 26.8. The second-order valence-corrected chi connectivity index (χ2v) is 10.9. The number of carbonyl (C=O) groups excluding carboxylic acids is 2. The van der Waals surface area contributed by atoms with E-state index >= 15 is 0 Å². The fourth-order valence-corrected chi connectivity index (χ4v) is 5.26. The molecule has 0 fully saturated rings. The molecule has 3 N–H and O–H groups in total. The third-order valence-corrected chi connectivity index (χ3v) is 7.43. The molecule has 2 atom stereocenters. The Labute approximate surface area is 240 Å². The van der Waals surface area contributed by atoms with Gasteiger partial charge >= 0.3 is 0 Å². The maximum Gasteiger partial charge on any atom is 0.251 e. The lowest BCUT2D eigenvalue weighted by atomic mass is 9.88. The number of hydrogen-bond donors (Lipinski definition) is 3. The van der Waals surface area contributed by atoms with Crippen LogP contribution in [0.15, 0.2) is 72.8 Å². The molecule has 0 saturated carbocycles. The molecule has 0 radical (unpaired) electrons. The minimum Gasteiger partial charge on any atom is -0.390 e. The van der Waals surface area contributed by atoms with Crippen molar-refractivity contribution in [2.24, 2.45) is 5.92 Å². The maximum atomic E-state index is 13.5. The number of hydrogen-bond acceptors (Lipinski definition) is 4. The monoisotopic (exact) mass is 542 g/mol. The van der Waals surface area contributed by atoms with Crippen LogP contribution in [0.1, 0.15) is 89.4 Å². The average Bonchev–Trinajstić information content (AvgIpc) is 2.96. The summed E-state index contributed by atoms with van der Waals surface area (Å²) in [6.45, 7) is 9.21. The molecule has 5 nitrogen and oxygen atoms in total. The highest BCUT2D eigenvalue weighted by Gasteiger charge is 2.24. The SMILES string of the molecule is CCCC(CCC)C(=O)c1cc(C)cc(C(=O)N[C@@H](Cc2ccccc2)[C@H](O)CNCc2cccc(CC)c2)c1. The van der Waals surface area contributed by atoms with E-state index < -0.39 is 12.1 Å². The summed E-state index contributed by atoms with van der Waals surface area (Å²) in [6, 6.07) is 23.2. The molecule has 3 rings (SSSR count). The number of amides is 1. The van der Waals surface area contributed by atoms with E-state index in [-0.39, 0.29) is 17.6 Å². The molecule has 1 amide bonds. The number of ketones is 1. The maximum absolute atomic E-state index is 13.5. The molecule has 214 valence electrons. The Balaban J connectivity index is 1.75. The lowest BCUT2D eigenvalue weighted by molar-refractivity contribution is 0.0830. The predicted octanol–water partition coefficient (Wildman–Crippen LogP) is 6.45. The fraction of sp³-hybridized carbons (Fsp3) is 0.429. The van der Waals surface area contributed by atoms with E-state index in [0.717, 1.165) is 48.8 Å². The first-order valence-corrected chi connectivity index (χ1v) is 14.8. The van der Waals surface area contributed by atoms with Crippen molar-refractivity contribution in [1.29, 1.82) is 0 Å². The molecule has 0 spiro atoms. The Morgan fingerprint density at radius 1 is 0.800 bits per heavy atom. The van der Waals surface area contributed by atoms with Crippen molar-refractivity contribution >= 4 is 11.7 Å². The highest BCUT2D eigenvalue weighted by molar-refractivity contribution is 6.02. The first kappa shape index (κ1) is 31.3. The van der Waals surface area contributed by atoms with Gasteiger partial charge in [-0.1, -0.05) is 88.2 Å². The van der Waals surface area contributed by atoms with Gasteiger partial charge in [0.15, 0.2) is 5.78 Å². The molecule has 0 saturated heterocycles. The second-order valence-electron chi connectivity index (χ2n) is 10.9. The number of carbonyl (C=O) groups is 2. The number of Topliss-reactive ketones (excluding diaryl/α,β-unsaturated/α-hetero) is 1. The van der Waals surface area contributed by atoms with Crippen LogP contribution in [0.3, 0.4) is 0 Å². The highest BCUT2D eigenvalue weighted by atomic mass is 16.3. The van der Waals surface area contributed by atoms with E-state index in [1.165, 1.54) is 5.56 Å². The van der Waals surface area contributed by atoms with Gasteiger partial charge in [0, 0.05) is 30.1 Å². The zero-order chi connectivity index (χ0) is 28.9. The van der Waals surface area contributed by atoms with E-state index in [9.17, 15) is 14.7 Å². The Morgan fingerprint density at radius 2 is 1.45 bits per heavy atom. The zero-order valence-electron chi connectivity index (χ0n) is 24.6. The Kier molecular flexibility index (Phi) is 12.6. The summed E-state index contributed by atoms with van der Waals surface area (Å²) in [7, 11) is 0. The Bertz CT molecular complexity index is 1220. The third kappa shape index (κ3) is 9.42. The van der Waals surface area contributed by atoms with Crippen LogP contribution in [0.4, 0.5) is 0 Å².